The summed E-state index contributed by atoms with van der Waals surface area (Å²) in [6.45, 7) is 0. The Hall–Kier alpha value is -4.26. The van der Waals surface area contributed by atoms with E-state index in [1.165, 1.54) is 54.2 Å². The second kappa shape index (κ2) is 19.4. The van der Waals surface area contributed by atoms with E-state index >= 15 is 0 Å². The third kappa shape index (κ3) is 10.4. The van der Waals surface area contributed by atoms with Gasteiger partial charge >= 0.3 is 26.2 Å². The smallest absolute Gasteiger partial charge is 0.168 e. The molecule has 0 amide bonds. The van der Waals surface area contributed by atoms with Gasteiger partial charge in [-0.05, 0) is 0 Å². The van der Waals surface area contributed by atoms with Gasteiger partial charge in [-0.25, -0.2) is 0 Å². The first-order chi connectivity index (χ1) is 21.8. The second-order valence-corrected chi connectivity index (χ2v) is 10.6. The van der Waals surface area contributed by atoms with Crippen LogP contribution in [0.1, 0.15) is 11.1 Å². The van der Waals surface area contributed by atoms with Crippen LogP contribution in [0.25, 0.3) is 43.1 Å². The molecule has 0 aliphatic carbocycles. The van der Waals surface area contributed by atoms with Crippen LogP contribution < -0.4 is 0 Å². The predicted octanol–water partition coefficient (Wildman–Crippen LogP) is 13.0. The Balaban J connectivity index is 0.000000169. The summed E-state index contributed by atoms with van der Waals surface area (Å²) in [5.41, 5.74) is 2.49. The summed E-state index contributed by atoms with van der Waals surface area (Å²) in [4.78, 5) is 0. The number of hydrogen-bond donors (Lipinski definition) is 0. The van der Waals surface area contributed by atoms with Crippen molar-refractivity contribution in [1.29, 1.82) is 0 Å². The van der Waals surface area contributed by atoms with Crippen molar-refractivity contribution >= 4 is 67.9 Å². The number of halogens is 2. The van der Waals surface area contributed by atoms with Crippen molar-refractivity contribution in [3.8, 4) is 0 Å². The molecule has 0 bridgehead atoms. The first-order valence-corrected chi connectivity index (χ1v) is 15.0. The molecule has 0 nitrogen and oxygen atoms in total. The van der Waals surface area contributed by atoms with Gasteiger partial charge < -0.3 is 0 Å². The van der Waals surface area contributed by atoms with Gasteiger partial charge in [-0.1, -0.05) is 84.9 Å². The Morgan fingerprint density at radius 1 is 0.340 bits per heavy atom. The maximum Gasteiger partial charge on any atom is 4.00 e. The van der Waals surface area contributed by atoms with Gasteiger partial charge in [-0.15, -0.1) is 166 Å². The van der Waals surface area contributed by atoms with Crippen molar-refractivity contribution < 1.29 is 26.2 Å². The molecule has 0 aliphatic rings. The van der Waals surface area contributed by atoms with Crippen molar-refractivity contribution in [3.63, 3.8) is 0 Å². The van der Waals surface area contributed by atoms with E-state index in [-0.39, 0.29) is 51.0 Å². The van der Waals surface area contributed by atoms with Crippen molar-refractivity contribution in [2.24, 2.45) is 0 Å². The fourth-order valence-electron chi connectivity index (χ4n) is 5.33. The van der Waals surface area contributed by atoms with Gasteiger partial charge in [0.1, 0.15) is 0 Å². The minimum atomic E-state index is 0. The number of hydrogen-bond acceptors (Lipinski definition) is 0. The van der Waals surface area contributed by atoms with Crippen molar-refractivity contribution in [2.45, 2.75) is 0 Å². The van der Waals surface area contributed by atoms with Crippen molar-refractivity contribution in [3.05, 3.63) is 218 Å². The zero-order chi connectivity index (χ0) is 29.8. The van der Waals surface area contributed by atoms with E-state index < -0.39 is 0 Å². The van der Waals surface area contributed by atoms with Gasteiger partial charge in [0.25, 0.3) is 0 Å². The van der Waals surface area contributed by atoms with Crippen LogP contribution in [0, 0.1) is 6.42 Å². The first kappa shape index (κ1) is 37.2. The third-order valence-electron chi connectivity index (χ3n) is 7.55. The van der Waals surface area contributed by atoms with E-state index in [2.05, 4.69) is 194 Å². The molecule has 0 aliphatic heterocycles. The fraction of sp³-hybridized carbons (Fsp3) is 0. The number of benzene rings is 6. The Bertz CT molecular complexity index is 1940. The molecule has 230 valence electrons. The van der Waals surface area contributed by atoms with E-state index in [1.807, 2.05) is 12.1 Å². The first-order valence-electron chi connectivity index (χ1n) is 15.0. The van der Waals surface area contributed by atoms with Crippen LogP contribution in [-0.2, 0) is 26.2 Å². The van der Waals surface area contributed by atoms with Crippen LogP contribution in [-0.4, -0.2) is 0 Å². The van der Waals surface area contributed by atoms with Crippen LogP contribution >= 0.6 is 24.8 Å². The molecule has 3 heteroatoms. The molecule has 0 radical (unpaired) electrons. The maximum atomic E-state index is 2.24. The molecule has 47 heavy (non-hydrogen) atoms. The number of rotatable bonds is 2. The van der Waals surface area contributed by atoms with Crippen molar-refractivity contribution in [2.75, 3.05) is 0 Å². The molecule has 0 N–H and O–H groups in total. The van der Waals surface area contributed by atoms with Gasteiger partial charge in [-0.2, -0.15) is 35.0 Å². The largest absolute Gasteiger partial charge is 4.00 e. The molecule has 0 fully saturated rings. The summed E-state index contributed by atoms with van der Waals surface area (Å²) < 4.78 is 0. The Morgan fingerprint density at radius 3 is 1.09 bits per heavy atom. The maximum absolute atomic E-state index is 2.24. The summed E-state index contributed by atoms with van der Waals surface area (Å²) >= 11 is 0. The predicted molar refractivity (Wildman–Crippen MR) is 206 cm³/mol. The number of fused-ring (bicyclic) bond motifs is 5. The van der Waals surface area contributed by atoms with E-state index in [0.717, 1.165) is 0 Å². The van der Waals surface area contributed by atoms with Crippen molar-refractivity contribution in [1.82, 2.24) is 0 Å². The van der Waals surface area contributed by atoms with E-state index in [4.69, 9.17) is 0 Å². The average molecular weight is 727 g/mol. The zero-order valence-corrected chi connectivity index (χ0v) is 30.0. The molecule has 9 aromatic carbocycles. The van der Waals surface area contributed by atoms with E-state index in [0.29, 0.717) is 0 Å². The molecule has 0 spiro atoms. The molecular formula is C44H36Cl2Zr. The van der Waals surface area contributed by atoms with Gasteiger partial charge in [0.2, 0.25) is 0 Å². The molecule has 0 saturated carbocycles. The van der Waals surface area contributed by atoms with Crippen LogP contribution in [0.2, 0.25) is 0 Å². The Kier molecular flexibility index (Phi) is 15.4. The standard InChI is InChI=1S/C13H9.C13H11.2C9H7.2ClH.Zr/c1-3-7-12-10(5-1)9-11-6-2-4-8-13(11)12;1-3-7-12(8-4-1)11-13-9-5-2-6-10-13;2*1-2-5-9-7-3-6-8(9)4-1;;;/h1-9H;1-11H;2*1-7H;2*1H;/q4*-1;;;+4. The van der Waals surface area contributed by atoms with Gasteiger partial charge in [0.15, 0.2) is 0 Å². The average Bonchev–Trinajstić information content (AvgIpc) is 3.85. The minimum Gasteiger partial charge on any atom is -0.168 e. The van der Waals surface area contributed by atoms with Gasteiger partial charge in [-0.3, -0.25) is 0 Å². The molecule has 9 rings (SSSR count). The summed E-state index contributed by atoms with van der Waals surface area (Å²) in [7, 11) is 0. The molecule has 0 atom stereocenters. The zero-order valence-electron chi connectivity index (χ0n) is 25.9. The topological polar surface area (TPSA) is 0 Å². The van der Waals surface area contributed by atoms with Crippen LogP contribution in [0.5, 0.6) is 0 Å². The summed E-state index contributed by atoms with van der Waals surface area (Å²) in [5.74, 6) is 0. The second-order valence-electron chi connectivity index (χ2n) is 10.6. The normalized spacial score (nSPS) is 9.62. The summed E-state index contributed by atoms with van der Waals surface area (Å²) in [6, 6.07) is 69.3. The van der Waals surface area contributed by atoms with Gasteiger partial charge in [0.05, 0.1) is 0 Å². The molecule has 0 saturated heterocycles. The minimum absolute atomic E-state index is 0. The van der Waals surface area contributed by atoms with E-state index in [1.54, 1.807) is 0 Å². The van der Waals surface area contributed by atoms with E-state index in [9.17, 15) is 0 Å². The molecular weight excluding hydrogens is 691 g/mol. The monoisotopic (exact) mass is 724 g/mol. The quantitative estimate of drug-likeness (QED) is 0.156. The SMILES string of the molecule is Cl.Cl.[Zr+4].c1ccc([CH-]c2ccccc2)cc1.c1ccc2[cH-]ccc2c1.c1ccc2[cH-]ccc2c1.c1ccc2c(c1)[cH-]c1ccccc12. The summed E-state index contributed by atoms with van der Waals surface area (Å²) in [5, 5.41) is 10.7. The van der Waals surface area contributed by atoms with Crippen LogP contribution in [0.4, 0.5) is 0 Å². The third-order valence-corrected chi connectivity index (χ3v) is 7.55. The molecule has 0 unspecified atom stereocenters. The Morgan fingerprint density at radius 2 is 0.681 bits per heavy atom. The molecule has 0 heterocycles. The van der Waals surface area contributed by atoms with Gasteiger partial charge in [0, 0.05) is 0 Å². The molecule has 0 aromatic heterocycles. The fourth-order valence-corrected chi connectivity index (χ4v) is 5.33. The van der Waals surface area contributed by atoms with Crippen LogP contribution in [0.15, 0.2) is 200 Å². The summed E-state index contributed by atoms with van der Waals surface area (Å²) in [6.07, 6.45) is 2.17. The Labute approximate surface area is 309 Å². The molecule has 9 aromatic rings. The van der Waals surface area contributed by atoms with Crippen LogP contribution in [0.3, 0.4) is 0 Å².